The average molecular weight is 281 g/mol. The molecule has 0 fully saturated rings. The molecule has 1 aromatic rings. The summed E-state index contributed by atoms with van der Waals surface area (Å²) in [4.78, 5) is 3.87. The summed E-state index contributed by atoms with van der Waals surface area (Å²) >= 11 is 6.00. The van der Waals surface area contributed by atoms with Gasteiger partial charge >= 0.3 is 6.18 Å². The highest BCUT2D eigenvalue weighted by atomic mass is 35.5. The molecule has 2 nitrogen and oxygen atoms in total. The standard InChI is InChI=1S/C12H16ClF3N2/c1-2-18-11(4-3-6-12(14,15)16)9-5-7-17-8-10(9)13/h5,7-8,11,18H,2-4,6H2,1H3. The number of nitrogens with one attached hydrogen (secondary N) is 1. The first kappa shape index (κ1) is 15.2. The molecule has 0 saturated carbocycles. The van der Waals surface area contributed by atoms with Gasteiger partial charge in [-0.05, 0) is 31.0 Å². The summed E-state index contributed by atoms with van der Waals surface area (Å²) in [6, 6.07) is 1.58. The van der Waals surface area contributed by atoms with Gasteiger partial charge in [-0.15, -0.1) is 0 Å². The lowest BCUT2D eigenvalue weighted by molar-refractivity contribution is -0.135. The summed E-state index contributed by atoms with van der Waals surface area (Å²) in [6.07, 6.45) is -1.28. The molecule has 102 valence electrons. The number of rotatable bonds is 6. The molecule has 0 saturated heterocycles. The molecule has 1 rings (SSSR count). The van der Waals surface area contributed by atoms with E-state index >= 15 is 0 Å². The quantitative estimate of drug-likeness (QED) is 0.848. The van der Waals surface area contributed by atoms with Crippen molar-refractivity contribution in [3.8, 4) is 0 Å². The largest absolute Gasteiger partial charge is 0.389 e. The number of hydrogen-bond acceptors (Lipinski definition) is 2. The van der Waals surface area contributed by atoms with Gasteiger partial charge in [-0.25, -0.2) is 0 Å². The third kappa shape index (κ3) is 5.23. The number of alkyl halides is 3. The van der Waals surface area contributed by atoms with Crippen LogP contribution in [0.25, 0.3) is 0 Å². The molecule has 1 unspecified atom stereocenters. The number of nitrogens with zero attached hydrogens (tertiary/aromatic N) is 1. The zero-order valence-electron chi connectivity index (χ0n) is 10.1. The highest BCUT2D eigenvalue weighted by molar-refractivity contribution is 6.31. The minimum Gasteiger partial charge on any atom is -0.310 e. The van der Waals surface area contributed by atoms with Crippen LogP contribution >= 0.6 is 11.6 Å². The van der Waals surface area contributed by atoms with Gasteiger partial charge in [0.1, 0.15) is 0 Å². The summed E-state index contributed by atoms with van der Waals surface area (Å²) in [5, 5.41) is 3.63. The van der Waals surface area contributed by atoms with Crippen molar-refractivity contribution in [3.63, 3.8) is 0 Å². The smallest absolute Gasteiger partial charge is 0.310 e. The van der Waals surface area contributed by atoms with E-state index in [-0.39, 0.29) is 12.5 Å². The molecule has 0 radical (unpaired) electrons. The van der Waals surface area contributed by atoms with Crippen LogP contribution < -0.4 is 5.32 Å². The van der Waals surface area contributed by atoms with Crippen molar-refractivity contribution in [2.24, 2.45) is 0 Å². The second-order valence-corrected chi connectivity index (χ2v) is 4.42. The first-order chi connectivity index (χ1) is 8.44. The van der Waals surface area contributed by atoms with Gasteiger partial charge in [0, 0.05) is 24.9 Å². The third-order valence-corrected chi connectivity index (χ3v) is 2.90. The fourth-order valence-corrected chi connectivity index (χ4v) is 2.04. The molecule has 0 aliphatic carbocycles. The monoisotopic (exact) mass is 280 g/mol. The Bertz CT molecular complexity index is 369. The minimum atomic E-state index is -4.10. The molecular formula is C12H16ClF3N2. The van der Waals surface area contributed by atoms with Gasteiger partial charge in [-0.1, -0.05) is 18.5 Å². The molecule has 0 amide bonds. The second-order valence-electron chi connectivity index (χ2n) is 4.01. The highest BCUT2D eigenvalue weighted by Gasteiger charge is 2.27. The van der Waals surface area contributed by atoms with Gasteiger partial charge < -0.3 is 5.32 Å². The van der Waals surface area contributed by atoms with Crippen molar-refractivity contribution in [1.82, 2.24) is 10.3 Å². The number of aromatic nitrogens is 1. The van der Waals surface area contributed by atoms with Crippen molar-refractivity contribution in [2.45, 2.75) is 38.4 Å². The molecule has 0 spiro atoms. The molecule has 0 aromatic carbocycles. The van der Waals surface area contributed by atoms with Crippen molar-refractivity contribution < 1.29 is 13.2 Å². The summed E-state index contributed by atoms with van der Waals surface area (Å²) in [5.41, 5.74) is 0.802. The van der Waals surface area contributed by atoms with Crippen LogP contribution in [0.4, 0.5) is 13.2 Å². The van der Waals surface area contributed by atoms with E-state index in [1.54, 1.807) is 12.3 Å². The van der Waals surface area contributed by atoms with Crippen LogP contribution in [0.2, 0.25) is 5.02 Å². The van der Waals surface area contributed by atoms with Crippen LogP contribution in [-0.4, -0.2) is 17.7 Å². The van der Waals surface area contributed by atoms with E-state index in [0.29, 0.717) is 18.0 Å². The van der Waals surface area contributed by atoms with Gasteiger partial charge in [-0.3, -0.25) is 4.98 Å². The fourth-order valence-electron chi connectivity index (χ4n) is 1.79. The topological polar surface area (TPSA) is 24.9 Å². The van der Waals surface area contributed by atoms with E-state index in [2.05, 4.69) is 10.3 Å². The zero-order chi connectivity index (χ0) is 13.6. The molecule has 1 N–H and O–H groups in total. The van der Waals surface area contributed by atoms with E-state index in [1.165, 1.54) is 6.20 Å². The maximum Gasteiger partial charge on any atom is 0.389 e. The molecule has 0 bridgehead atoms. The normalized spacial score (nSPS) is 13.6. The Morgan fingerprint density at radius 3 is 2.72 bits per heavy atom. The van der Waals surface area contributed by atoms with Crippen molar-refractivity contribution in [2.75, 3.05) is 6.54 Å². The fraction of sp³-hybridized carbons (Fsp3) is 0.583. The number of halogens is 4. The Morgan fingerprint density at radius 2 is 2.17 bits per heavy atom. The summed E-state index contributed by atoms with van der Waals surface area (Å²) in [7, 11) is 0. The van der Waals surface area contributed by atoms with Gasteiger partial charge in [0.2, 0.25) is 0 Å². The van der Waals surface area contributed by atoms with Crippen molar-refractivity contribution in [3.05, 3.63) is 29.0 Å². The maximum absolute atomic E-state index is 12.1. The Morgan fingerprint density at radius 1 is 1.44 bits per heavy atom. The Labute approximate surface area is 110 Å². The number of hydrogen-bond donors (Lipinski definition) is 1. The lowest BCUT2D eigenvalue weighted by atomic mass is 10.0. The molecule has 1 heterocycles. The van der Waals surface area contributed by atoms with Gasteiger partial charge in [0.15, 0.2) is 0 Å². The average Bonchev–Trinajstić information content (AvgIpc) is 2.27. The molecule has 0 aliphatic heterocycles. The molecule has 0 aliphatic rings. The van der Waals surface area contributed by atoms with Gasteiger partial charge in [0.25, 0.3) is 0 Å². The van der Waals surface area contributed by atoms with E-state index in [4.69, 9.17) is 11.6 Å². The van der Waals surface area contributed by atoms with E-state index in [9.17, 15) is 13.2 Å². The second kappa shape index (κ2) is 6.95. The van der Waals surface area contributed by atoms with Crippen molar-refractivity contribution >= 4 is 11.6 Å². The first-order valence-corrected chi connectivity index (χ1v) is 6.21. The van der Waals surface area contributed by atoms with E-state index in [1.807, 2.05) is 6.92 Å². The first-order valence-electron chi connectivity index (χ1n) is 5.83. The maximum atomic E-state index is 12.1. The van der Waals surface area contributed by atoms with Gasteiger partial charge in [-0.2, -0.15) is 13.2 Å². The SMILES string of the molecule is CCNC(CCCC(F)(F)F)c1ccncc1Cl. The van der Waals surface area contributed by atoms with Gasteiger partial charge in [0.05, 0.1) is 5.02 Å². The van der Waals surface area contributed by atoms with Crippen LogP contribution in [-0.2, 0) is 0 Å². The predicted molar refractivity (Wildman–Crippen MR) is 65.6 cm³/mol. The molecular weight excluding hydrogens is 265 g/mol. The Balaban J connectivity index is 2.63. The predicted octanol–water partition coefficient (Wildman–Crippen LogP) is 4.12. The van der Waals surface area contributed by atoms with Crippen LogP contribution in [0.3, 0.4) is 0 Å². The summed E-state index contributed by atoms with van der Waals surface area (Å²) in [6.45, 7) is 2.58. The van der Waals surface area contributed by atoms with Crippen LogP contribution in [0.1, 0.15) is 37.8 Å². The van der Waals surface area contributed by atoms with Crippen LogP contribution in [0.15, 0.2) is 18.5 Å². The van der Waals surface area contributed by atoms with Crippen LogP contribution in [0, 0.1) is 0 Å². The third-order valence-electron chi connectivity index (χ3n) is 2.58. The summed E-state index contributed by atoms with van der Waals surface area (Å²) in [5.74, 6) is 0. The molecule has 6 heteroatoms. The lowest BCUT2D eigenvalue weighted by Gasteiger charge is -2.19. The van der Waals surface area contributed by atoms with E-state index in [0.717, 1.165) is 5.56 Å². The van der Waals surface area contributed by atoms with E-state index < -0.39 is 12.6 Å². The summed E-state index contributed by atoms with van der Waals surface area (Å²) < 4.78 is 36.4. The molecule has 1 aromatic heterocycles. The highest BCUT2D eigenvalue weighted by Crippen LogP contribution is 2.29. The molecule has 1 atom stereocenters. The minimum absolute atomic E-state index is 0.0832. The zero-order valence-corrected chi connectivity index (χ0v) is 10.9. The van der Waals surface area contributed by atoms with Crippen LogP contribution in [0.5, 0.6) is 0 Å². The Kier molecular flexibility index (Phi) is 5.88. The number of pyridine rings is 1. The molecule has 18 heavy (non-hydrogen) atoms. The van der Waals surface area contributed by atoms with Crippen molar-refractivity contribution in [1.29, 1.82) is 0 Å². The Hall–Kier alpha value is -0.810. The lowest BCUT2D eigenvalue weighted by Crippen LogP contribution is -2.22.